The first-order valence-corrected chi connectivity index (χ1v) is 7.61. The van der Waals surface area contributed by atoms with Crippen molar-refractivity contribution in [3.05, 3.63) is 59.4 Å². The topological polar surface area (TPSA) is 37.8 Å². The molecule has 0 unspecified atom stereocenters. The maximum atomic E-state index is 6.01. The lowest BCUT2D eigenvalue weighted by Gasteiger charge is -2.19. The van der Waals surface area contributed by atoms with E-state index in [0.29, 0.717) is 0 Å². The zero-order chi connectivity index (χ0) is 15.7. The summed E-state index contributed by atoms with van der Waals surface area (Å²) < 4.78 is 0. The Kier molecular flexibility index (Phi) is 3.75. The molecule has 0 aliphatic heterocycles. The lowest BCUT2D eigenvalue weighted by atomic mass is 9.87. The molecular weight excluding hydrogens is 294 g/mol. The van der Waals surface area contributed by atoms with Crippen molar-refractivity contribution in [2.24, 2.45) is 0 Å². The van der Waals surface area contributed by atoms with Gasteiger partial charge in [0.25, 0.3) is 0 Å². The first-order chi connectivity index (χ1) is 10.4. The quantitative estimate of drug-likeness (QED) is 0.650. The molecule has 4 heteroatoms. The molecule has 2 aromatic carbocycles. The van der Waals surface area contributed by atoms with Crippen LogP contribution in [0.2, 0.25) is 5.28 Å². The number of nitrogens with zero attached hydrogens (tertiary/aromatic N) is 2. The standard InChI is InChI=1S/C18H18ClN3/c1-18(2,3)12-8-10-13(11-9-12)20-16-14-6-4-5-7-15(14)21-17(19)22-16/h4-11H,1-3H3,(H,20,21,22). The van der Waals surface area contributed by atoms with E-state index >= 15 is 0 Å². The smallest absolute Gasteiger partial charge is 0.224 e. The van der Waals surface area contributed by atoms with E-state index < -0.39 is 0 Å². The second-order valence-corrected chi connectivity index (χ2v) is 6.65. The Bertz CT molecular complexity index is 805. The number of halogens is 1. The van der Waals surface area contributed by atoms with Crippen LogP contribution in [0, 0.1) is 0 Å². The molecule has 0 amide bonds. The molecule has 0 fully saturated rings. The van der Waals surface area contributed by atoms with Crippen molar-refractivity contribution in [2.45, 2.75) is 26.2 Å². The van der Waals surface area contributed by atoms with Gasteiger partial charge in [-0.1, -0.05) is 45.0 Å². The number of anilines is 2. The Morgan fingerprint density at radius 1 is 0.909 bits per heavy atom. The first kappa shape index (κ1) is 14.8. The number of hydrogen-bond donors (Lipinski definition) is 1. The third-order valence-electron chi connectivity index (χ3n) is 3.59. The van der Waals surface area contributed by atoms with Gasteiger partial charge in [0.2, 0.25) is 5.28 Å². The van der Waals surface area contributed by atoms with Crippen molar-refractivity contribution >= 4 is 34.0 Å². The summed E-state index contributed by atoms with van der Waals surface area (Å²) in [5.74, 6) is 0.721. The summed E-state index contributed by atoms with van der Waals surface area (Å²) in [5.41, 5.74) is 3.25. The summed E-state index contributed by atoms with van der Waals surface area (Å²) in [6.45, 7) is 6.60. The van der Waals surface area contributed by atoms with Crippen molar-refractivity contribution < 1.29 is 0 Å². The van der Waals surface area contributed by atoms with Gasteiger partial charge in [0.05, 0.1) is 5.52 Å². The highest BCUT2D eigenvalue weighted by Crippen LogP contribution is 2.27. The van der Waals surface area contributed by atoms with Gasteiger partial charge in [0.1, 0.15) is 5.82 Å². The summed E-state index contributed by atoms with van der Waals surface area (Å²) in [7, 11) is 0. The molecule has 1 aromatic heterocycles. The lowest BCUT2D eigenvalue weighted by molar-refractivity contribution is 0.590. The van der Waals surface area contributed by atoms with Crippen LogP contribution < -0.4 is 5.32 Å². The van der Waals surface area contributed by atoms with Crippen LogP contribution in [0.1, 0.15) is 26.3 Å². The van der Waals surface area contributed by atoms with E-state index in [1.54, 1.807) is 0 Å². The van der Waals surface area contributed by atoms with Crippen LogP contribution in [0.5, 0.6) is 0 Å². The monoisotopic (exact) mass is 311 g/mol. The Hall–Kier alpha value is -2.13. The van der Waals surface area contributed by atoms with Crippen molar-refractivity contribution in [3.8, 4) is 0 Å². The normalized spacial score (nSPS) is 11.6. The van der Waals surface area contributed by atoms with E-state index in [0.717, 1.165) is 22.4 Å². The van der Waals surface area contributed by atoms with Crippen LogP contribution in [0.4, 0.5) is 11.5 Å². The molecule has 0 atom stereocenters. The summed E-state index contributed by atoms with van der Waals surface area (Å²) >= 11 is 6.01. The lowest BCUT2D eigenvalue weighted by Crippen LogP contribution is -2.10. The molecule has 3 nitrogen and oxygen atoms in total. The Morgan fingerprint density at radius 3 is 2.27 bits per heavy atom. The van der Waals surface area contributed by atoms with E-state index in [9.17, 15) is 0 Å². The van der Waals surface area contributed by atoms with Crippen LogP contribution >= 0.6 is 11.6 Å². The van der Waals surface area contributed by atoms with Crippen LogP contribution in [0.15, 0.2) is 48.5 Å². The zero-order valence-corrected chi connectivity index (χ0v) is 13.6. The Balaban J connectivity index is 1.96. The fourth-order valence-electron chi connectivity index (χ4n) is 2.33. The van der Waals surface area contributed by atoms with Crippen molar-refractivity contribution in [1.82, 2.24) is 9.97 Å². The van der Waals surface area contributed by atoms with Gasteiger partial charge in [-0.05, 0) is 46.8 Å². The molecule has 0 saturated carbocycles. The number of benzene rings is 2. The third kappa shape index (κ3) is 3.04. The molecule has 0 aliphatic rings. The summed E-state index contributed by atoms with van der Waals surface area (Å²) in [5, 5.41) is 4.52. The number of rotatable bonds is 2. The molecule has 0 radical (unpaired) electrons. The SMILES string of the molecule is CC(C)(C)c1ccc(Nc2nc(Cl)nc3ccccc23)cc1. The highest BCUT2D eigenvalue weighted by molar-refractivity contribution is 6.28. The molecular formula is C18H18ClN3. The molecule has 1 N–H and O–H groups in total. The van der Waals surface area contributed by atoms with Gasteiger partial charge in [-0.15, -0.1) is 0 Å². The number of para-hydroxylation sites is 1. The maximum Gasteiger partial charge on any atom is 0.224 e. The number of aromatic nitrogens is 2. The van der Waals surface area contributed by atoms with Gasteiger partial charge in [0.15, 0.2) is 0 Å². The fraction of sp³-hybridized carbons (Fsp3) is 0.222. The van der Waals surface area contributed by atoms with Crippen LogP contribution in [-0.2, 0) is 5.41 Å². The first-order valence-electron chi connectivity index (χ1n) is 7.23. The predicted molar refractivity (Wildman–Crippen MR) is 93.0 cm³/mol. The largest absolute Gasteiger partial charge is 0.340 e. The zero-order valence-electron chi connectivity index (χ0n) is 12.9. The number of nitrogens with one attached hydrogen (secondary N) is 1. The second kappa shape index (κ2) is 5.58. The maximum absolute atomic E-state index is 6.01. The fourth-order valence-corrected chi connectivity index (χ4v) is 2.51. The number of fused-ring (bicyclic) bond motifs is 1. The Labute approximate surface area is 135 Å². The molecule has 0 saturated heterocycles. The summed E-state index contributed by atoms with van der Waals surface area (Å²) in [6, 6.07) is 16.2. The van der Waals surface area contributed by atoms with Crippen LogP contribution in [0.25, 0.3) is 10.9 Å². The number of hydrogen-bond acceptors (Lipinski definition) is 3. The molecule has 3 aromatic rings. The minimum absolute atomic E-state index is 0.142. The predicted octanol–water partition coefficient (Wildman–Crippen LogP) is 5.32. The van der Waals surface area contributed by atoms with E-state index in [-0.39, 0.29) is 10.7 Å². The van der Waals surface area contributed by atoms with Gasteiger partial charge in [-0.2, -0.15) is 4.98 Å². The Morgan fingerprint density at radius 2 is 1.59 bits per heavy atom. The molecule has 0 bridgehead atoms. The minimum atomic E-state index is 0.142. The van der Waals surface area contributed by atoms with Crippen molar-refractivity contribution in [3.63, 3.8) is 0 Å². The van der Waals surface area contributed by atoms with Gasteiger partial charge in [-0.3, -0.25) is 0 Å². The minimum Gasteiger partial charge on any atom is -0.340 e. The highest BCUT2D eigenvalue weighted by Gasteiger charge is 2.13. The van der Waals surface area contributed by atoms with E-state index in [1.165, 1.54) is 5.56 Å². The summed E-state index contributed by atoms with van der Waals surface area (Å²) in [6.07, 6.45) is 0. The van der Waals surface area contributed by atoms with E-state index in [1.807, 2.05) is 24.3 Å². The molecule has 3 rings (SSSR count). The average Bonchev–Trinajstić information content (AvgIpc) is 2.46. The second-order valence-electron chi connectivity index (χ2n) is 6.31. The van der Waals surface area contributed by atoms with Crippen molar-refractivity contribution in [1.29, 1.82) is 0 Å². The molecule has 0 aliphatic carbocycles. The van der Waals surface area contributed by atoms with Crippen LogP contribution in [0.3, 0.4) is 0 Å². The highest BCUT2D eigenvalue weighted by atomic mass is 35.5. The van der Waals surface area contributed by atoms with E-state index in [2.05, 4.69) is 60.3 Å². The third-order valence-corrected chi connectivity index (χ3v) is 3.76. The van der Waals surface area contributed by atoms with Gasteiger partial charge >= 0.3 is 0 Å². The van der Waals surface area contributed by atoms with Gasteiger partial charge in [-0.25, -0.2) is 4.98 Å². The summed E-state index contributed by atoms with van der Waals surface area (Å²) in [4.78, 5) is 8.55. The van der Waals surface area contributed by atoms with Gasteiger partial charge in [0, 0.05) is 11.1 Å². The average molecular weight is 312 g/mol. The molecule has 0 spiro atoms. The van der Waals surface area contributed by atoms with Gasteiger partial charge < -0.3 is 5.32 Å². The van der Waals surface area contributed by atoms with E-state index in [4.69, 9.17) is 11.6 Å². The molecule has 22 heavy (non-hydrogen) atoms. The molecule has 1 heterocycles. The van der Waals surface area contributed by atoms with Crippen molar-refractivity contribution in [2.75, 3.05) is 5.32 Å². The molecule has 112 valence electrons. The van der Waals surface area contributed by atoms with Crippen LogP contribution in [-0.4, -0.2) is 9.97 Å².